The van der Waals surface area contributed by atoms with Gasteiger partial charge in [-0.3, -0.25) is 14.4 Å². The number of amides is 3. The summed E-state index contributed by atoms with van der Waals surface area (Å²) in [5, 5.41) is 6.09. The minimum Gasteiger partial charge on any atom is -0.349 e. The quantitative estimate of drug-likeness (QED) is 0.681. The fraction of sp³-hybridized carbons (Fsp3) is 0.464. The molecule has 3 amide bonds. The number of para-hydroxylation sites is 1. The number of nitrogens with one attached hydrogen (secondary N) is 2. The molecule has 3 aliphatic rings. The minimum absolute atomic E-state index is 0.0615. The number of carbonyl (C=O) groups excluding carboxylic acids is 3. The number of anilines is 2. The average Bonchev–Trinajstić information content (AvgIpc) is 3.54. The van der Waals surface area contributed by atoms with Crippen LogP contribution in [0.3, 0.4) is 0 Å². The van der Waals surface area contributed by atoms with Crippen molar-refractivity contribution >= 4 is 29.1 Å². The SMILES string of the molecule is O=C(NC1CCCC1)c1ccc(NC(=O)[C@H]2CCCC[C@H]2C(=O)N2CCc3ccccc32)cc1. The van der Waals surface area contributed by atoms with Crippen LogP contribution in [0.2, 0.25) is 0 Å². The van der Waals surface area contributed by atoms with Crippen LogP contribution >= 0.6 is 0 Å². The molecule has 0 bridgehead atoms. The third-order valence-electron chi connectivity index (χ3n) is 7.68. The molecule has 34 heavy (non-hydrogen) atoms. The number of fused-ring (bicyclic) bond motifs is 1. The van der Waals surface area contributed by atoms with E-state index in [4.69, 9.17) is 0 Å². The molecule has 0 radical (unpaired) electrons. The van der Waals surface area contributed by atoms with Gasteiger partial charge in [-0.1, -0.05) is 43.9 Å². The Morgan fingerprint density at radius 2 is 1.47 bits per heavy atom. The number of carbonyl (C=O) groups is 3. The molecule has 1 aliphatic heterocycles. The van der Waals surface area contributed by atoms with Crippen LogP contribution in [0.4, 0.5) is 11.4 Å². The number of hydrogen-bond donors (Lipinski definition) is 2. The van der Waals surface area contributed by atoms with E-state index in [0.717, 1.165) is 50.6 Å². The van der Waals surface area contributed by atoms with Crippen molar-refractivity contribution in [3.05, 3.63) is 59.7 Å². The zero-order valence-corrected chi connectivity index (χ0v) is 19.6. The summed E-state index contributed by atoms with van der Waals surface area (Å²) in [6, 6.07) is 15.4. The molecule has 0 aromatic heterocycles. The summed E-state index contributed by atoms with van der Waals surface area (Å²) >= 11 is 0. The molecule has 2 aliphatic carbocycles. The van der Waals surface area contributed by atoms with Crippen molar-refractivity contribution < 1.29 is 14.4 Å². The van der Waals surface area contributed by atoms with Crippen LogP contribution in [0.25, 0.3) is 0 Å². The first-order valence-electron chi connectivity index (χ1n) is 12.7. The second-order valence-electron chi connectivity index (χ2n) is 9.89. The topological polar surface area (TPSA) is 78.5 Å². The largest absolute Gasteiger partial charge is 0.349 e. The van der Waals surface area contributed by atoms with Crippen molar-refractivity contribution in [2.75, 3.05) is 16.8 Å². The lowest BCUT2D eigenvalue weighted by molar-refractivity contribution is -0.132. The number of benzene rings is 2. The van der Waals surface area contributed by atoms with Gasteiger partial charge in [-0.25, -0.2) is 0 Å². The van der Waals surface area contributed by atoms with Gasteiger partial charge in [0.1, 0.15) is 0 Å². The minimum atomic E-state index is -0.334. The standard InChI is InChI=1S/C28H33N3O3/c32-26(29-21-8-2-3-9-21)20-13-15-22(16-14-20)30-27(33)23-10-4-5-11-24(23)28(34)31-18-17-19-7-1-6-12-25(19)31/h1,6-7,12-16,21,23-24H,2-5,8-11,17-18H2,(H,29,32)(H,30,33)/t23-,24+/m0/s1. The molecule has 6 heteroatoms. The molecule has 5 rings (SSSR count). The van der Waals surface area contributed by atoms with E-state index < -0.39 is 0 Å². The third-order valence-corrected chi connectivity index (χ3v) is 7.68. The van der Waals surface area contributed by atoms with Crippen LogP contribution in [0.15, 0.2) is 48.5 Å². The van der Waals surface area contributed by atoms with E-state index in [0.29, 0.717) is 17.8 Å². The van der Waals surface area contributed by atoms with Crippen LogP contribution in [-0.2, 0) is 16.0 Å². The predicted molar refractivity (Wildman–Crippen MR) is 133 cm³/mol. The summed E-state index contributed by atoms with van der Waals surface area (Å²) in [5.74, 6) is -0.721. The number of rotatable bonds is 5. The molecule has 1 heterocycles. The Labute approximate surface area is 201 Å². The van der Waals surface area contributed by atoms with Gasteiger partial charge in [-0.05, 0) is 68.0 Å². The van der Waals surface area contributed by atoms with E-state index in [1.807, 2.05) is 23.1 Å². The van der Waals surface area contributed by atoms with Crippen molar-refractivity contribution in [3.63, 3.8) is 0 Å². The molecule has 2 aromatic carbocycles. The van der Waals surface area contributed by atoms with E-state index in [-0.39, 0.29) is 35.6 Å². The molecule has 0 spiro atoms. The molecule has 2 fully saturated rings. The van der Waals surface area contributed by atoms with Crippen molar-refractivity contribution in [3.8, 4) is 0 Å². The van der Waals surface area contributed by atoms with Crippen LogP contribution in [0, 0.1) is 11.8 Å². The molecule has 0 unspecified atom stereocenters. The molecular weight excluding hydrogens is 426 g/mol. The highest BCUT2D eigenvalue weighted by Gasteiger charge is 2.39. The van der Waals surface area contributed by atoms with Gasteiger partial charge in [-0.15, -0.1) is 0 Å². The Bertz CT molecular complexity index is 1060. The Balaban J connectivity index is 1.23. The summed E-state index contributed by atoms with van der Waals surface area (Å²) in [4.78, 5) is 41.1. The van der Waals surface area contributed by atoms with Crippen LogP contribution < -0.4 is 15.5 Å². The van der Waals surface area contributed by atoms with Gasteiger partial charge < -0.3 is 15.5 Å². The van der Waals surface area contributed by atoms with Crippen LogP contribution in [0.1, 0.15) is 67.3 Å². The zero-order chi connectivity index (χ0) is 23.5. The first kappa shape index (κ1) is 22.6. The van der Waals surface area contributed by atoms with Crippen molar-refractivity contribution in [2.45, 2.75) is 63.8 Å². The van der Waals surface area contributed by atoms with Crippen LogP contribution in [-0.4, -0.2) is 30.3 Å². The van der Waals surface area contributed by atoms with Crippen molar-refractivity contribution in [1.82, 2.24) is 5.32 Å². The van der Waals surface area contributed by atoms with E-state index in [9.17, 15) is 14.4 Å². The van der Waals surface area contributed by atoms with Gasteiger partial charge >= 0.3 is 0 Å². The molecule has 0 saturated heterocycles. The molecular formula is C28H33N3O3. The molecule has 2 atom stereocenters. The lowest BCUT2D eigenvalue weighted by atomic mass is 9.77. The van der Waals surface area contributed by atoms with Gasteiger partial charge in [-0.2, -0.15) is 0 Å². The summed E-state index contributed by atoms with van der Waals surface area (Å²) in [5.41, 5.74) is 3.45. The third kappa shape index (κ3) is 4.72. The molecule has 2 aromatic rings. The molecule has 2 N–H and O–H groups in total. The Morgan fingerprint density at radius 3 is 2.24 bits per heavy atom. The monoisotopic (exact) mass is 459 g/mol. The van der Waals surface area contributed by atoms with Gasteiger partial charge in [0, 0.05) is 35.4 Å². The zero-order valence-electron chi connectivity index (χ0n) is 19.6. The number of nitrogens with zero attached hydrogens (tertiary/aromatic N) is 1. The Morgan fingerprint density at radius 1 is 0.794 bits per heavy atom. The van der Waals surface area contributed by atoms with Gasteiger partial charge in [0.2, 0.25) is 11.8 Å². The van der Waals surface area contributed by atoms with E-state index >= 15 is 0 Å². The summed E-state index contributed by atoms with van der Waals surface area (Å²) < 4.78 is 0. The highest BCUT2D eigenvalue weighted by atomic mass is 16.2. The highest BCUT2D eigenvalue weighted by molar-refractivity contribution is 6.02. The van der Waals surface area contributed by atoms with Crippen LogP contribution in [0.5, 0.6) is 0 Å². The summed E-state index contributed by atoms with van der Waals surface area (Å²) in [7, 11) is 0. The molecule has 178 valence electrons. The number of hydrogen-bond acceptors (Lipinski definition) is 3. The average molecular weight is 460 g/mol. The summed E-state index contributed by atoms with van der Waals surface area (Å²) in [6.45, 7) is 0.688. The lowest BCUT2D eigenvalue weighted by Crippen LogP contribution is -2.43. The highest BCUT2D eigenvalue weighted by Crippen LogP contribution is 2.36. The second-order valence-corrected chi connectivity index (χ2v) is 9.89. The maximum Gasteiger partial charge on any atom is 0.251 e. The maximum absolute atomic E-state index is 13.5. The first-order chi connectivity index (χ1) is 16.6. The predicted octanol–water partition coefficient (Wildman–Crippen LogP) is 4.69. The second kappa shape index (κ2) is 10.00. The first-order valence-corrected chi connectivity index (χ1v) is 12.7. The fourth-order valence-corrected chi connectivity index (χ4v) is 5.79. The van der Waals surface area contributed by atoms with Gasteiger partial charge in [0.25, 0.3) is 5.91 Å². The Kier molecular flexibility index (Phi) is 6.66. The van der Waals surface area contributed by atoms with Crippen molar-refractivity contribution in [2.24, 2.45) is 11.8 Å². The van der Waals surface area contributed by atoms with E-state index in [2.05, 4.69) is 16.7 Å². The Hall–Kier alpha value is -3.15. The van der Waals surface area contributed by atoms with E-state index in [1.165, 1.54) is 18.4 Å². The van der Waals surface area contributed by atoms with Gasteiger partial charge in [0.15, 0.2) is 0 Å². The lowest BCUT2D eigenvalue weighted by Gasteiger charge is -2.32. The van der Waals surface area contributed by atoms with Crippen molar-refractivity contribution in [1.29, 1.82) is 0 Å². The maximum atomic E-state index is 13.5. The van der Waals surface area contributed by atoms with Gasteiger partial charge in [0.05, 0.1) is 5.92 Å². The van der Waals surface area contributed by atoms with E-state index in [1.54, 1.807) is 24.3 Å². The fourth-order valence-electron chi connectivity index (χ4n) is 5.79. The molecule has 2 saturated carbocycles. The smallest absolute Gasteiger partial charge is 0.251 e. The summed E-state index contributed by atoms with van der Waals surface area (Å²) in [6.07, 6.45) is 8.70. The molecule has 6 nitrogen and oxygen atoms in total. The normalized spacial score (nSPS) is 22.3.